The van der Waals surface area contributed by atoms with Crippen molar-refractivity contribution in [2.45, 2.75) is 49.6 Å². The van der Waals surface area contributed by atoms with E-state index >= 15 is 0 Å². The maximum atomic E-state index is 12.7. The van der Waals surface area contributed by atoms with Crippen molar-refractivity contribution in [2.24, 2.45) is 11.7 Å². The van der Waals surface area contributed by atoms with E-state index in [0.717, 1.165) is 31.2 Å². The highest BCUT2D eigenvalue weighted by atomic mass is 35.5. The topological polar surface area (TPSA) is 80.5 Å². The van der Waals surface area contributed by atoms with Crippen LogP contribution in [0.15, 0.2) is 29.2 Å². The quantitative estimate of drug-likeness (QED) is 0.878. The molecule has 1 aromatic carbocycles. The van der Waals surface area contributed by atoms with E-state index in [-0.39, 0.29) is 36.3 Å². The number of nitrogens with two attached hydrogens (primary N) is 1. The summed E-state index contributed by atoms with van der Waals surface area (Å²) in [4.78, 5) is 14.7. The number of hydrogen-bond acceptors (Lipinski definition) is 4. The molecule has 0 saturated heterocycles. The van der Waals surface area contributed by atoms with E-state index in [1.54, 1.807) is 36.2 Å². The van der Waals surface area contributed by atoms with Crippen LogP contribution in [-0.4, -0.2) is 38.6 Å². The molecule has 1 aliphatic rings. The summed E-state index contributed by atoms with van der Waals surface area (Å²) in [6.45, 7) is 1.95. The van der Waals surface area contributed by atoms with Gasteiger partial charge in [0.05, 0.1) is 10.9 Å². The second-order valence-electron chi connectivity index (χ2n) is 6.59. The number of benzene rings is 1. The largest absolute Gasteiger partial charge is 0.339 e. The first-order valence-corrected chi connectivity index (χ1v) is 9.91. The van der Waals surface area contributed by atoms with Gasteiger partial charge in [-0.15, -0.1) is 12.4 Å². The Bertz CT molecular complexity index is 661. The summed E-state index contributed by atoms with van der Waals surface area (Å²) in [5, 5.41) is 0. The standard InChI is InChI=1S/C17H26N2O3S.ClH/c1-12(13-7-9-16(10-8-13)23(3,21)22)19(2)17(20)14-5-4-6-15(18)11-14;/h7-10,12,14-15H,4-6,11,18H2,1-3H3;1H. The third-order valence-electron chi connectivity index (χ3n) is 4.78. The van der Waals surface area contributed by atoms with Crippen LogP contribution in [0.25, 0.3) is 0 Å². The average molecular weight is 375 g/mol. The number of amides is 1. The molecule has 0 aliphatic heterocycles. The Morgan fingerprint density at radius 1 is 1.25 bits per heavy atom. The van der Waals surface area contributed by atoms with Crippen molar-refractivity contribution in [2.75, 3.05) is 13.3 Å². The van der Waals surface area contributed by atoms with Gasteiger partial charge in [0.1, 0.15) is 0 Å². The Balaban J connectivity index is 0.00000288. The summed E-state index contributed by atoms with van der Waals surface area (Å²) < 4.78 is 23.0. The average Bonchev–Trinajstić information content (AvgIpc) is 2.52. The SMILES string of the molecule is CC(c1ccc(S(C)(=O)=O)cc1)N(C)C(=O)C1CCCC(N)C1.Cl. The molecule has 0 spiro atoms. The molecule has 2 rings (SSSR count). The predicted molar refractivity (Wildman–Crippen MR) is 97.9 cm³/mol. The molecule has 0 bridgehead atoms. The Morgan fingerprint density at radius 3 is 2.33 bits per heavy atom. The fourth-order valence-electron chi connectivity index (χ4n) is 3.15. The van der Waals surface area contributed by atoms with Crippen molar-refractivity contribution < 1.29 is 13.2 Å². The highest BCUT2D eigenvalue weighted by molar-refractivity contribution is 7.90. The molecule has 3 unspecified atom stereocenters. The lowest BCUT2D eigenvalue weighted by atomic mass is 9.85. The van der Waals surface area contributed by atoms with Gasteiger partial charge in [0.15, 0.2) is 9.84 Å². The summed E-state index contributed by atoms with van der Waals surface area (Å²) in [5.74, 6) is 0.126. The van der Waals surface area contributed by atoms with Crippen LogP contribution in [-0.2, 0) is 14.6 Å². The third kappa shape index (κ3) is 4.94. The van der Waals surface area contributed by atoms with E-state index in [0.29, 0.717) is 4.90 Å². The van der Waals surface area contributed by atoms with Crippen LogP contribution in [0.2, 0.25) is 0 Å². The first-order valence-electron chi connectivity index (χ1n) is 8.02. The summed E-state index contributed by atoms with van der Waals surface area (Å²) in [5.41, 5.74) is 6.90. The molecule has 7 heteroatoms. The van der Waals surface area contributed by atoms with Gasteiger partial charge < -0.3 is 10.6 Å². The highest BCUT2D eigenvalue weighted by Gasteiger charge is 2.29. The maximum absolute atomic E-state index is 12.7. The summed E-state index contributed by atoms with van der Waals surface area (Å²) >= 11 is 0. The molecule has 1 amide bonds. The number of carbonyl (C=O) groups excluding carboxylic acids is 1. The molecule has 0 radical (unpaired) electrons. The van der Waals surface area contributed by atoms with Gasteiger partial charge >= 0.3 is 0 Å². The fourth-order valence-corrected chi connectivity index (χ4v) is 3.78. The van der Waals surface area contributed by atoms with Crippen molar-refractivity contribution in [3.63, 3.8) is 0 Å². The molecule has 1 aromatic rings. The first-order chi connectivity index (χ1) is 10.7. The molecule has 1 aliphatic carbocycles. The molecular weight excluding hydrogens is 348 g/mol. The van der Waals surface area contributed by atoms with E-state index in [1.165, 1.54) is 6.26 Å². The van der Waals surface area contributed by atoms with Crippen LogP contribution in [0, 0.1) is 5.92 Å². The highest BCUT2D eigenvalue weighted by Crippen LogP contribution is 2.28. The normalized spacial score (nSPS) is 22.3. The van der Waals surface area contributed by atoms with Crippen LogP contribution in [0.5, 0.6) is 0 Å². The summed E-state index contributed by atoms with van der Waals surface area (Å²) in [7, 11) is -1.40. The van der Waals surface area contributed by atoms with Crippen LogP contribution in [0.4, 0.5) is 0 Å². The zero-order valence-corrected chi connectivity index (χ0v) is 16.1. The molecule has 0 heterocycles. The zero-order chi connectivity index (χ0) is 17.2. The number of rotatable bonds is 4. The van der Waals surface area contributed by atoms with Crippen LogP contribution in [0.1, 0.15) is 44.2 Å². The van der Waals surface area contributed by atoms with E-state index in [9.17, 15) is 13.2 Å². The second kappa shape index (κ2) is 8.32. The van der Waals surface area contributed by atoms with Gasteiger partial charge in [0, 0.05) is 25.3 Å². The summed E-state index contributed by atoms with van der Waals surface area (Å²) in [6, 6.07) is 6.76. The van der Waals surface area contributed by atoms with Gasteiger partial charge in [0.25, 0.3) is 0 Å². The van der Waals surface area contributed by atoms with E-state index in [2.05, 4.69) is 0 Å². The molecule has 3 atom stereocenters. The van der Waals surface area contributed by atoms with Crippen LogP contribution >= 0.6 is 12.4 Å². The minimum atomic E-state index is -3.20. The lowest BCUT2D eigenvalue weighted by Gasteiger charge is -2.32. The van der Waals surface area contributed by atoms with Crippen LogP contribution in [0.3, 0.4) is 0 Å². The lowest BCUT2D eigenvalue weighted by molar-refractivity contribution is -0.137. The molecule has 0 aromatic heterocycles. The Morgan fingerprint density at radius 2 is 1.83 bits per heavy atom. The number of halogens is 1. The Kier molecular flexibility index (Phi) is 7.25. The van der Waals surface area contributed by atoms with Crippen molar-refractivity contribution in [3.8, 4) is 0 Å². The smallest absolute Gasteiger partial charge is 0.225 e. The van der Waals surface area contributed by atoms with Crippen molar-refractivity contribution in [3.05, 3.63) is 29.8 Å². The molecule has 24 heavy (non-hydrogen) atoms. The van der Waals surface area contributed by atoms with Gasteiger partial charge in [0.2, 0.25) is 5.91 Å². The fraction of sp³-hybridized carbons (Fsp3) is 0.588. The Labute approximate surface area is 150 Å². The maximum Gasteiger partial charge on any atom is 0.225 e. The third-order valence-corrected chi connectivity index (χ3v) is 5.91. The number of sulfone groups is 1. The van der Waals surface area contributed by atoms with E-state index in [1.807, 2.05) is 6.92 Å². The van der Waals surface area contributed by atoms with Gasteiger partial charge in [-0.2, -0.15) is 0 Å². The van der Waals surface area contributed by atoms with Gasteiger partial charge in [-0.05, 0) is 43.9 Å². The first kappa shape index (κ1) is 20.9. The molecule has 2 N–H and O–H groups in total. The minimum absolute atomic E-state index is 0. The van der Waals surface area contributed by atoms with Gasteiger partial charge in [-0.1, -0.05) is 18.6 Å². The monoisotopic (exact) mass is 374 g/mol. The van der Waals surface area contributed by atoms with Crippen LogP contribution < -0.4 is 5.73 Å². The molecule has 5 nitrogen and oxygen atoms in total. The number of hydrogen-bond donors (Lipinski definition) is 1. The number of carbonyl (C=O) groups is 1. The minimum Gasteiger partial charge on any atom is -0.339 e. The molecule has 136 valence electrons. The lowest BCUT2D eigenvalue weighted by Crippen LogP contribution is -2.39. The zero-order valence-electron chi connectivity index (χ0n) is 14.4. The molecular formula is C17H27ClN2O3S. The second-order valence-corrected chi connectivity index (χ2v) is 8.61. The van der Waals surface area contributed by atoms with Crippen molar-refractivity contribution in [1.82, 2.24) is 4.90 Å². The number of nitrogens with zero attached hydrogens (tertiary/aromatic N) is 1. The van der Waals surface area contributed by atoms with Crippen molar-refractivity contribution >= 4 is 28.2 Å². The van der Waals surface area contributed by atoms with E-state index in [4.69, 9.17) is 5.73 Å². The molecule has 1 fully saturated rings. The summed E-state index contributed by atoms with van der Waals surface area (Å²) in [6.07, 6.45) is 4.84. The Hall–Kier alpha value is -1.11. The van der Waals surface area contributed by atoms with Crippen molar-refractivity contribution in [1.29, 1.82) is 0 Å². The predicted octanol–water partition coefficient (Wildman–Crippen LogP) is 2.55. The van der Waals surface area contributed by atoms with Gasteiger partial charge in [-0.3, -0.25) is 4.79 Å². The van der Waals surface area contributed by atoms with Gasteiger partial charge in [-0.25, -0.2) is 8.42 Å². The molecule has 1 saturated carbocycles. The van der Waals surface area contributed by atoms with E-state index < -0.39 is 9.84 Å².